The first kappa shape index (κ1) is 17.9. The molecule has 0 spiro atoms. The minimum Gasteiger partial charge on any atom is -0.481 e. The van der Waals surface area contributed by atoms with Gasteiger partial charge in [0.2, 0.25) is 0 Å². The smallest absolute Gasteiger partial charge is 0.258 e. The first-order chi connectivity index (χ1) is 12.4. The average molecular weight is 348 g/mol. The maximum Gasteiger partial charge on any atom is 0.258 e. The van der Waals surface area contributed by atoms with E-state index in [-0.39, 0.29) is 18.6 Å². The van der Waals surface area contributed by atoms with Crippen molar-refractivity contribution in [3.8, 4) is 5.75 Å². The summed E-state index contributed by atoms with van der Waals surface area (Å²) in [5, 5.41) is 3.99. The van der Waals surface area contributed by atoms with Gasteiger partial charge in [-0.3, -0.25) is 4.79 Å². The number of hydrogen-bond acceptors (Lipinski definition) is 3. The first-order valence-electron chi connectivity index (χ1n) is 8.80. The number of aryl methyl sites for hydroxylation is 3. The minimum absolute atomic E-state index is 0.0378. The number of nitrogens with one attached hydrogen (secondary N) is 1. The topological polar surface area (TPSA) is 51.2 Å². The third-order valence-corrected chi connectivity index (χ3v) is 4.59. The van der Waals surface area contributed by atoms with E-state index >= 15 is 0 Å². The van der Waals surface area contributed by atoms with Crippen molar-refractivity contribution < 1.29 is 9.53 Å². The molecule has 0 bridgehead atoms. The number of para-hydroxylation sites is 1. The fourth-order valence-corrected chi connectivity index (χ4v) is 2.88. The molecule has 1 amide bonds. The van der Waals surface area contributed by atoms with Gasteiger partial charge < -0.3 is 10.1 Å². The van der Waals surface area contributed by atoms with E-state index < -0.39 is 0 Å². The lowest BCUT2D eigenvalue weighted by atomic mass is 10.0. The second kappa shape index (κ2) is 7.56. The largest absolute Gasteiger partial charge is 0.481 e. The summed E-state index contributed by atoms with van der Waals surface area (Å²) in [5.74, 6) is 0.473. The summed E-state index contributed by atoms with van der Waals surface area (Å²) in [6.45, 7) is 8.03. The Morgan fingerprint density at radius 2 is 1.88 bits per heavy atom. The lowest BCUT2D eigenvalue weighted by molar-refractivity contribution is -0.123. The van der Waals surface area contributed by atoms with Gasteiger partial charge in [-0.15, -0.1) is 0 Å². The zero-order valence-electron chi connectivity index (χ0n) is 15.7. The van der Waals surface area contributed by atoms with E-state index in [1.165, 1.54) is 11.1 Å². The van der Waals surface area contributed by atoms with Crippen LogP contribution in [0.15, 0.2) is 48.5 Å². The van der Waals surface area contributed by atoms with Crippen molar-refractivity contribution in [3.05, 3.63) is 70.9 Å². The molecule has 3 rings (SSSR count). The van der Waals surface area contributed by atoms with Crippen LogP contribution in [0.3, 0.4) is 0 Å². The van der Waals surface area contributed by atoms with E-state index in [4.69, 9.17) is 4.74 Å². The highest BCUT2D eigenvalue weighted by Gasteiger charge is 2.12. The van der Waals surface area contributed by atoms with Crippen molar-refractivity contribution in [1.82, 2.24) is 10.3 Å². The fraction of sp³-hybridized carbons (Fsp3) is 0.273. The molecule has 4 nitrogen and oxygen atoms in total. The van der Waals surface area contributed by atoms with Crippen LogP contribution in [0.5, 0.6) is 5.75 Å². The normalized spacial score (nSPS) is 12.0. The van der Waals surface area contributed by atoms with Crippen LogP contribution in [0.25, 0.3) is 10.9 Å². The number of fused-ring (bicyclic) bond motifs is 1. The molecular formula is C22H24N2O2. The van der Waals surface area contributed by atoms with Crippen molar-refractivity contribution in [3.63, 3.8) is 0 Å². The van der Waals surface area contributed by atoms with Crippen molar-refractivity contribution in [2.24, 2.45) is 0 Å². The van der Waals surface area contributed by atoms with Gasteiger partial charge in [0.15, 0.2) is 6.61 Å². The van der Waals surface area contributed by atoms with Crippen LogP contribution in [0.4, 0.5) is 0 Å². The van der Waals surface area contributed by atoms with Crippen LogP contribution in [0, 0.1) is 20.8 Å². The molecule has 1 atom stereocenters. The molecule has 134 valence electrons. The molecule has 1 aromatic heterocycles. The zero-order valence-corrected chi connectivity index (χ0v) is 15.7. The Kier molecular flexibility index (Phi) is 5.21. The number of nitrogens with zero attached hydrogens (tertiary/aromatic N) is 1. The molecule has 1 N–H and O–H groups in total. The maximum atomic E-state index is 12.3. The van der Waals surface area contributed by atoms with E-state index in [1.54, 1.807) is 0 Å². The van der Waals surface area contributed by atoms with Gasteiger partial charge in [-0.05, 0) is 56.5 Å². The highest BCUT2D eigenvalue weighted by Crippen LogP contribution is 2.24. The molecule has 26 heavy (non-hydrogen) atoms. The van der Waals surface area contributed by atoms with Gasteiger partial charge in [-0.1, -0.05) is 36.4 Å². The molecule has 0 saturated carbocycles. The molecular weight excluding hydrogens is 324 g/mol. The Balaban J connectivity index is 1.65. The highest BCUT2D eigenvalue weighted by molar-refractivity contribution is 5.85. The van der Waals surface area contributed by atoms with Gasteiger partial charge in [0, 0.05) is 11.1 Å². The minimum atomic E-state index is -0.152. The van der Waals surface area contributed by atoms with E-state index in [0.717, 1.165) is 22.2 Å². The van der Waals surface area contributed by atoms with Gasteiger partial charge in [0.05, 0.1) is 6.04 Å². The number of pyridine rings is 1. The predicted molar refractivity (Wildman–Crippen MR) is 104 cm³/mol. The van der Waals surface area contributed by atoms with E-state index in [1.807, 2.05) is 50.2 Å². The predicted octanol–water partition coefficient (Wildman–Crippen LogP) is 4.42. The summed E-state index contributed by atoms with van der Waals surface area (Å²) in [4.78, 5) is 16.8. The summed E-state index contributed by atoms with van der Waals surface area (Å²) >= 11 is 0. The lowest BCUT2D eigenvalue weighted by Gasteiger charge is -2.16. The number of ether oxygens (including phenoxy) is 1. The molecule has 0 fully saturated rings. The number of aromatic nitrogens is 1. The van der Waals surface area contributed by atoms with Crippen LogP contribution in [-0.4, -0.2) is 17.5 Å². The molecule has 4 heteroatoms. The third-order valence-electron chi connectivity index (χ3n) is 4.59. The van der Waals surface area contributed by atoms with Crippen LogP contribution in [0.1, 0.15) is 35.3 Å². The summed E-state index contributed by atoms with van der Waals surface area (Å²) in [6.07, 6.45) is 0. The standard InChI is InChI=1S/C22H24N2O2/c1-14-8-10-19(12-15(14)2)17(4)24-21(25)13-26-20-7-5-6-18-11-9-16(3)23-22(18)20/h5-12,17H,13H2,1-4H3,(H,24,25)/t17-/m0/s1. The maximum absolute atomic E-state index is 12.3. The van der Waals surface area contributed by atoms with Crippen molar-refractivity contribution >= 4 is 16.8 Å². The van der Waals surface area contributed by atoms with E-state index in [9.17, 15) is 4.79 Å². The molecule has 0 radical (unpaired) electrons. The molecule has 0 aliphatic rings. The van der Waals surface area contributed by atoms with Crippen molar-refractivity contribution in [1.29, 1.82) is 0 Å². The van der Waals surface area contributed by atoms with Crippen LogP contribution in [-0.2, 0) is 4.79 Å². The van der Waals surface area contributed by atoms with Gasteiger partial charge in [0.25, 0.3) is 5.91 Å². The average Bonchev–Trinajstić information content (AvgIpc) is 2.62. The monoisotopic (exact) mass is 348 g/mol. The van der Waals surface area contributed by atoms with Crippen molar-refractivity contribution in [2.45, 2.75) is 33.7 Å². The molecule has 0 saturated heterocycles. The lowest BCUT2D eigenvalue weighted by Crippen LogP contribution is -2.31. The second-order valence-electron chi connectivity index (χ2n) is 6.70. The number of hydrogen-bond donors (Lipinski definition) is 1. The highest BCUT2D eigenvalue weighted by atomic mass is 16.5. The van der Waals surface area contributed by atoms with Crippen LogP contribution >= 0.6 is 0 Å². The SMILES string of the molecule is Cc1ccc2cccc(OCC(=O)N[C@@H](C)c3ccc(C)c(C)c3)c2n1. The third kappa shape index (κ3) is 4.02. The molecule has 0 aliphatic carbocycles. The van der Waals surface area contributed by atoms with Gasteiger partial charge in [-0.2, -0.15) is 0 Å². The first-order valence-corrected chi connectivity index (χ1v) is 8.80. The number of benzene rings is 2. The van der Waals surface area contributed by atoms with Crippen LogP contribution < -0.4 is 10.1 Å². The molecule has 0 unspecified atom stereocenters. The Labute approximate surface area is 154 Å². The van der Waals surface area contributed by atoms with E-state index in [2.05, 4.69) is 36.3 Å². The summed E-state index contributed by atoms with van der Waals surface area (Å²) in [6, 6.07) is 15.9. The quantitative estimate of drug-likeness (QED) is 0.743. The molecule has 1 heterocycles. The second-order valence-corrected chi connectivity index (χ2v) is 6.70. The fourth-order valence-electron chi connectivity index (χ4n) is 2.88. The Morgan fingerprint density at radius 1 is 1.08 bits per heavy atom. The Bertz CT molecular complexity index is 950. The molecule has 0 aliphatic heterocycles. The van der Waals surface area contributed by atoms with Gasteiger partial charge in [0.1, 0.15) is 11.3 Å². The van der Waals surface area contributed by atoms with Crippen LogP contribution in [0.2, 0.25) is 0 Å². The summed E-state index contributed by atoms with van der Waals surface area (Å²) < 4.78 is 5.74. The molecule has 2 aromatic carbocycles. The van der Waals surface area contributed by atoms with Gasteiger partial charge >= 0.3 is 0 Å². The number of carbonyl (C=O) groups excluding carboxylic acids is 1. The number of rotatable bonds is 5. The Hall–Kier alpha value is -2.88. The zero-order chi connectivity index (χ0) is 18.7. The summed E-state index contributed by atoms with van der Waals surface area (Å²) in [7, 11) is 0. The van der Waals surface area contributed by atoms with Crippen molar-refractivity contribution in [2.75, 3.05) is 6.61 Å². The Morgan fingerprint density at radius 3 is 2.65 bits per heavy atom. The van der Waals surface area contributed by atoms with E-state index in [0.29, 0.717) is 5.75 Å². The van der Waals surface area contributed by atoms with Gasteiger partial charge in [-0.25, -0.2) is 4.98 Å². The number of carbonyl (C=O) groups is 1. The number of amides is 1. The summed E-state index contributed by atoms with van der Waals surface area (Å²) in [5.41, 5.74) is 5.25. The molecule has 3 aromatic rings.